The van der Waals surface area contributed by atoms with Gasteiger partial charge in [-0.25, -0.2) is 4.79 Å². The number of carbonyl (C=O) groups is 1. The smallest absolute Gasteiger partial charge is 0.343 e. The first-order valence-corrected chi connectivity index (χ1v) is 9.52. The van der Waals surface area contributed by atoms with Crippen LogP contribution in [0.15, 0.2) is 52.7 Å². The van der Waals surface area contributed by atoms with Gasteiger partial charge in [0.15, 0.2) is 23.3 Å². The van der Waals surface area contributed by atoms with Gasteiger partial charge in [-0.2, -0.15) is 5.10 Å². The zero-order valence-electron chi connectivity index (χ0n) is 16.3. The monoisotopic (exact) mass is 432 g/mol. The average Bonchev–Trinajstić information content (AvgIpc) is 2.76. The Balaban J connectivity index is 2.16. The van der Waals surface area contributed by atoms with E-state index in [1.807, 2.05) is 30.3 Å². The molecule has 2 aromatic carbocycles. The third kappa shape index (κ3) is 6.78. The molecule has 0 bridgehead atoms. The van der Waals surface area contributed by atoms with E-state index in [0.29, 0.717) is 5.75 Å². The first-order valence-electron chi connectivity index (χ1n) is 8.53. The summed E-state index contributed by atoms with van der Waals surface area (Å²) in [7, 11) is 2.57. The fourth-order valence-electron chi connectivity index (χ4n) is 2.20. The molecule has 0 aromatic heterocycles. The maximum absolute atomic E-state index is 11.4. The lowest BCUT2D eigenvalue weighted by Gasteiger charge is -2.10. The summed E-state index contributed by atoms with van der Waals surface area (Å²) in [5.41, 5.74) is 6.73. The number of ether oxygens (including phenoxy) is 3. The lowest BCUT2D eigenvalue weighted by molar-refractivity contribution is -0.385. The van der Waals surface area contributed by atoms with Crippen LogP contribution >= 0.6 is 11.8 Å². The number of hydrogen-bond donors (Lipinski definition) is 1. The Morgan fingerprint density at radius 1 is 1.23 bits per heavy atom. The highest BCUT2D eigenvalue weighted by molar-refractivity contribution is 8.13. The van der Waals surface area contributed by atoms with E-state index in [1.54, 1.807) is 0 Å². The van der Waals surface area contributed by atoms with Crippen molar-refractivity contribution in [1.82, 2.24) is 0 Å². The van der Waals surface area contributed by atoms with Gasteiger partial charge >= 0.3 is 5.97 Å². The minimum absolute atomic E-state index is 0.0215. The molecule has 0 saturated carbocycles. The molecule has 2 rings (SSSR count). The van der Waals surface area contributed by atoms with Gasteiger partial charge in [0.25, 0.3) is 5.69 Å². The lowest BCUT2D eigenvalue weighted by Crippen LogP contribution is -2.13. The number of benzene rings is 2. The van der Waals surface area contributed by atoms with E-state index in [9.17, 15) is 14.9 Å². The van der Waals surface area contributed by atoms with Gasteiger partial charge in [0.05, 0.1) is 37.0 Å². The number of carbonyl (C=O) groups excluding carboxylic acids is 1. The molecule has 0 fully saturated rings. The minimum atomic E-state index is -0.636. The predicted octanol–water partition coefficient (Wildman–Crippen LogP) is 2.74. The lowest BCUT2D eigenvalue weighted by atomic mass is 10.1. The molecule has 0 aliphatic heterocycles. The molecule has 0 spiro atoms. The van der Waals surface area contributed by atoms with Gasteiger partial charge < -0.3 is 19.9 Å². The number of methoxy groups -OCH3 is 2. The Hall–Kier alpha value is -3.60. The van der Waals surface area contributed by atoms with Crippen LogP contribution in [0.1, 0.15) is 11.1 Å². The van der Waals surface area contributed by atoms with Gasteiger partial charge in [-0.3, -0.25) is 10.1 Å². The number of thioether (sulfide) groups is 1. The Morgan fingerprint density at radius 3 is 2.60 bits per heavy atom. The first kappa shape index (κ1) is 22.7. The van der Waals surface area contributed by atoms with Gasteiger partial charge in [0.2, 0.25) is 0 Å². The van der Waals surface area contributed by atoms with E-state index in [1.165, 1.54) is 38.3 Å². The highest BCUT2D eigenvalue weighted by Crippen LogP contribution is 2.34. The average molecular weight is 432 g/mol. The molecule has 158 valence electrons. The summed E-state index contributed by atoms with van der Waals surface area (Å²) in [6.45, 7) is -0.420. The van der Waals surface area contributed by atoms with Gasteiger partial charge in [0.1, 0.15) is 0 Å². The van der Waals surface area contributed by atoms with Crippen molar-refractivity contribution in [2.75, 3.05) is 20.8 Å². The summed E-state index contributed by atoms with van der Waals surface area (Å²) >= 11 is 1.29. The van der Waals surface area contributed by atoms with Crippen molar-refractivity contribution >= 4 is 34.8 Å². The standard InChI is InChI=1S/C19H20N4O6S/c1-27-16-8-14(15(23(25)26)9-17(16)29-11-18(24)28-2)10-21-22-19(20)30-12-13-6-4-3-5-7-13/h3-10H,11-12H2,1-2H3,(H2,20,22). The Kier molecular flexibility index (Phi) is 8.63. The Labute approximate surface area is 176 Å². The molecule has 0 heterocycles. The Bertz CT molecular complexity index is 950. The summed E-state index contributed by atoms with van der Waals surface area (Å²) in [6.07, 6.45) is 1.20. The van der Waals surface area contributed by atoms with Crippen molar-refractivity contribution in [3.8, 4) is 11.5 Å². The van der Waals surface area contributed by atoms with Crippen LogP contribution < -0.4 is 15.2 Å². The molecule has 10 nitrogen and oxygen atoms in total. The van der Waals surface area contributed by atoms with Crippen LogP contribution in [-0.4, -0.2) is 43.1 Å². The molecular weight excluding hydrogens is 412 g/mol. The van der Waals surface area contributed by atoms with Crippen molar-refractivity contribution in [3.05, 3.63) is 63.7 Å². The van der Waals surface area contributed by atoms with Crippen LogP contribution in [0.25, 0.3) is 0 Å². The quantitative estimate of drug-likeness (QED) is 0.210. The molecular formula is C19H20N4O6S. The van der Waals surface area contributed by atoms with Gasteiger partial charge in [-0.05, 0) is 11.6 Å². The second-order valence-electron chi connectivity index (χ2n) is 5.64. The molecule has 2 aromatic rings. The zero-order chi connectivity index (χ0) is 21.9. The second kappa shape index (κ2) is 11.4. The number of esters is 1. The fraction of sp³-hybridized carbons (Fsp3) is 0.211. The summed E-state index contributed by atoms with van der Waals surface area (Å²) < 4.78 is 14.9. The molecule has 0 atom stereocenters. The number of nitro benzene ring substituents is 1. The maximum Gasteiger partial charge on any atom is 0.343 e. The molecule has 0 aliphatic rings. The van der Waals surface area contributed by atoms with Gasteiger partial charge in [-0.15, -0.1) is 5.10 Å². The maximum atomic E-state index is 11.4. The van der Waals surface area contributed by atoms with E-state index in [2.05, 4.69) is 14.9 Å². The molecule has 0 aliphatic carbocycles. The van der Waals surface area contributed by atoms with E-state index in [0.717, 1.165) is 11.6 Å². The van der Waals surface area contributed by atoms with Gasteiger partial charge in [0, 0.05) is 5.75 Å². The second-order valence-corrected chi connectivity index (χ2v) is 6.64. The van der Waals surface area contributed by atoms with Crippen LogP contribution in [0, 0.1) is 10.1 Å². The first-order chi connectivity index (χ1) is 14.4. The van der Waals surface area contributed by atoms with E-state index in [-0.39, 0.29) is 27.9 Å². The SMILES string of the molecule is COC(=O)COc1cc([N+](=O)[O-])c(C=NN=C(N)SCc2ccccc2)cc1OC. The molecule has 0 radical (unpaired) electrons. The zero-order valence-corrected chi connectivity index (χ0v) is 17.1. The van der Waals surface area contributed by atoms with Crippen LogP contribution in [0.3, 0.4) is 0 Å². The summed E-state index contributed by atoms with van der Waals surface area (Å²) in [4.78, 5) is 22.1. The van der Waals surface area contributed by atoms with E-state index < -0.39 is 17.5 Å². The third-order valence-corrected chi connectivity index (χ3v) is 4.52. The van der Waals surface area contributed by atoms with Crippen LogP contribution in [-0.2, 0) is 15.3 Å². The van der Waals surface area contributed by atoms with E-state index >= 15 is 0 Å². The summed E-state index contributed by atoms with van der Waals surface area (Å²) in [6, 6.07) is 12.2. The molecule has 11 heteroatoms. The number of rotatable bonds is 9. The highest BCUT2D eigenvalue weighted by atomic mass is 32.2. The third-order valence-electron chi connectivity index (χ3n) is 3.67. The predicted molar refractivity (Wildman–Crippen MR) is 114 cm³/mol. The molecule has 30 heavy (non-hydrogen) atoms. The van der Waals surface area contributed by atoms with Crippen molar-refractivity contribution in [1.29, 1.82) is 0 Å². The minimum Gasteiger partial charge on any atom is -0.493 e. The summed E-state index contributed by atoms with van der Waals surface area (Å²) in [5, 5.41) is 19.3. The van der Waals surface area contributed by atoms with Crippen LogP contribution in [0.4, 0.5) is 5.69 Å². The molecule has 0 amide bonds. The number of hydrogen-bond acceptors (Lipinski definition) is 9. The molecule has 0 saturated heterocycles. The highest BCUT2D eigenvalue weighted by Gasteiger charge is 2.19. The van der Waals surface area contributed by atoms with Gasteiger partial charge in [-0.1, -0.05) is 42.1 Å². The molecule has 0 unspecified atom stereocenters. The number of nitrogens with two attached hydrogens (primary N) is 1. The van der Waals surface area contributed by atoms with Crippen molar-refractivity contribution in [2.45, 2.75) is 5.75 Å². The summed E-state index contributed by atoms with van der Waals surface area (Å²) in [5.74, 6) is 0.184. The number of nitro groups is 1. The van der Waals surface area contributed by atoms with E-state index in [4.69, 9.17) is 15.2 Å². The number of amidine groups is 1. The van der Waals surface area contributed by atoms with Crippen molar-refractivity contribution in [3.63, 3.8) is 0 Å². The van der Waals surface area contributed by atoms with Crippen molar-refractivity contribution < 1.29 is 23.9 Å². The molecule has 2 N–H and O–H groups in total. The fourth-order valence-corrected chi connectivity index (χ4v) is 2.81. The van der Waals surface area contributed by atoms with Crippen LogP contribution in [0.2, 0.25) is 0 Å². The normalized spacial score (nSPS) is 11.3. The Morgan fingerprint density at radius 2 is 1.97 bits per heavy atom. The largest absolute Gasteiger partial charge is 0.493 e. The van der Waals surface area contributed by atoms with Crippen molar-refractivity contribution in [2.24, 2.45) is 15.9 Å². The van der Waals surface area contributed by atoms with Crippen LogP contribution in [0.5, 0.6) is 11.5 Å². The number of nitrogens with zero attached hydrogens (tertiary/aromatic N) is 3. The topological polar surface area (TPSA) is 139 Å².